The molecule has 0 fully saturated rings. The summed E-state index contributed by atoms with van der Waals surface area (Å²) in [5.74, 6) is -1.10. The van der Waals surface area contributed by atoms with Crippen LogP contribution in [0.2, 0.25) is 5.02 Å². The van der Waals surface area contributed by atoms with Crippen molar-refractivity contribution in [3.05, 3.63) is 28.8 Å². The van der Waals surface area contributed by atoms with Gasteiger partial charge in [-0.05, 0) is 45.9 Å². The third-order valence-corrected chi connectivity index (χ3v) is 6.75. The standard InChI is InChI=1S/C19H29ClN2O5S/c1-7-21(8-2)28(25,26)17-11-15(9-10-16(17)20)19(24)27-12-18(23)22(13(3)4)14(5)6/h9-11,13-14H,7-8,12H2,1-6H3. The minimum atomic E-state index is -3.84. The van der Waals surface area contributed by atoms with Crippen molar-refractivity contribution in [1.82, 2.24) is 9.21 Å². The number of rotatable bonds is 9. The number of nitrogens with zero attached hydrogens (tertiary/aromatic N) is 2. The summed E-state index contributed by atoms with van der Waals surface area (Å²) >= 11 is 6.06. The van der Waals surface area contributed by atoms with E-state index in [0.717, 1.165) is 0 Å². The topological polar surface area (TPSA) is 84.0 Å². The molecule has 28 heavy (non-hydrogen) atoms. The number of hydrogen-bond donors (Lipinski definition) is 0. The molecule has 1 amide bonds. The lowest BCUT2D eigenvalue weighted by atomic mass is 10.2. The zero-order chi connectivity index (χ0) is 21.6. The fraction of sp³-hybridized carbons (Fsp3) is 0.579. The summed E-state index contributed by atoms with van der Waals surface area (Å²) in [6.45, 7) is 11.1. The fourth-order valence-electron chi connectivity index (χ4n) is 2.99. The van der Waals surface area contributed by atoms with Crippen LogP contribution >= 0.6 is 11.6 Å². The number of benzene rings is 1. The Morgan fingerprint density at radius 2 is 1.61 bits per heavy atom. The number of ether oxygens (including phenoxy) is 1. The molecule has 1 aromatic rings. The van der Waals surface area contributed by atoms with Gasteiger partial charge in [0.05, 0.1) is 10.6 Å². The van der Waals surface area contributed by atoms with Crippen LogP contribution in [0.25, 0.3) is 0 Å². The average Bonchev–Trinajstić information content (AvgIpc) is 2.60. The van der Waals surface area contributed by atoms with E-state index in [1.807, 2.05) is 27.7 Å². The maximum atomic E-state index is 12.7. The van der Waals surface area contributed by atoms with Crippen molar-refractivity contribution >= 4 is 33.5 Å². The van der Waals surface area contributed by atoms with Crippen LogP contribution in [0.5, 0.6) is 0 Å². The molecule has 0 radical (unpaired) electrons. The molecule has 0 heterocycles. The summed E-state index contributed by atoms with van der Waals surface area (Å²) in [6.07, 6.45) is 0. The minimum absolute atomic E-state index is 0.0172. The van der Waals surface area contributed by atoms with E-state index in [9.17, 15) is 18.0 Å². The molecule has 0 aliphatic heterocycles. The zero-order valence-corrected chi connectivity index (χ0v) is 18.8. The molecule has 158 valence electrons. The largest absolute Gasteiger partial charge is 0.452 e. The summed E-state index contributed by atoms with van der Waals surface area (Å²) in [5, 5.41) is 0.0188. The summed E-state index contributed by atoms with van der Waals surface area (Å²) in [7, 11) is -3.84. The maximum absolute atomic E-state index is 12.7. The van der Waals surface area contributed by atoms with Crippen LogP contribution in [0.3, 0.4) is 0 Å². The molecule has 0 saturated heterocycles. The first kappa shape index (κ1) is 24.4. The highest BCUT2D eigenvalue weighted by Gasteiger charge is 2.26. The van der Waals surface area contributed by atoms with Gasteiger partial charge in [0.2, 0.25) is 10.0 Å². The summed E-state index contributed by atoms with van der Waals surface area (Å²) < 4.78 is 31.8. The first-order valence-electron chi connectivity index (χ1n) is 9.25. The molecule has 7 nitrogen and oxygen atoms in total. The van der Waals surface area contributed by atoms with Gasteiger partial charge in [-0.15, -0.1) is 0 Å². The van der Waals surface area contributed by atoms with Gasteiger partial charge < -0.3 is 9.64 Å². The molecule has 0 spiro atoms. The van der Waals surface area contributed by atoms with Gasteiger partial charge in [0, 0.05) is 25.2 Å². The Balaban J connectivity index is 3.04. The van der Waals surface area contributed by atoms with Gasteiger partial charge in [0.15, 0.2) is 6.61 Å². The van der Waals surface area contributed by atoms with E-state index in [4.69, 9.17) is 16.3 Å². The minimum Gasteiger partial charge on any atom is -0.452 e. The summed E-state index contributed by atoms with van der Waals surface area (Å²) in [4.78, 5) is 26.2. The van der Waals surface area contributed by atoms with Crippen molar-refractivity contribution < 1.29 is 22.7 Å². The lowest BCUT2D eigenvalue weighted by molar-refractivity contribution is -0.138. The molecule has 0 bridgehead atoms. The van der Waals surface area contributed by atoms with Crippen LogP contribution in [-0.2, 0) is 19.6 Å². The number of amides is 1. The molecule has 1 aromatic carbocycles. The normalized spacial score (nSPS) is 11.9. The number of hydrogen-bond acceptors (Lipinski definition) is 5. The molecule has 0 N–H and O–H groups in total. The molecule has 9 heteroatoms. The van der Waals surface area contributed by atoms with Gasteiger partial charge >= 0.3 is 5.97 Å². The van der Waals surface area contributed by atoms with Crippen molar-refractivity contribution in [1.29, 1.82) is 0 Å². The third kappa shape index (κ3) is 5.68. The molecule has 0 atom stereocenters. The van der Waals surface area contributed by atoms with E-state index in [1.54, 1.807) is 18.7 Å². The number of esters is 1. The van der Waals surface area contributed by atoms with Crippen LogP contribution in [0.15, 0.2) is 23.1 Å². The SMILES string of the molecule is CCN(CC)S(=O)(=O)c1cc(C(=O)OCC(=O)N(C(C)C)C(C)C)ccc1Cl. The van der Waals surface area contributed by atoms with Crippen molar-refractivity contribution in [3.63, 3.8) is 0 Å². The summed E-state index contributed by atoms with van der Waals surface area (Å²) in [6, 6.07) is 3.83. The van der Waals surface area contributed by atoms with Crippen LogP contribution in [-0.4, -0.2) is 61.3 Å². The first-order chi connectivity index (χ1) is 13.0. The lowest BCUT2D eigenvalue weighted by Crippen LogP contribution is -2.44. The van der Waals surface area contributed by atoms with E-state index in [2.05, 4.69) is 0 Å². The van der Waals surface area contributed by atoms with Crippen LogP contribution in [0.4, 0.5) is 0 Å². The van der Waals surface area contributed by atoms with Crippen molar-refractivity contribution in [3.8, 4) is 0 Å². The average molecular weight is 433 g/mol. The second kappa shape index (κ2) is 10.2. The third-order valence-electron chi connectivity index (χ3n) is 4.22. The molecule has 0 aliphatic rings. The van der Waals surface area contributed by atoms with E-state index in [-0.39, 0.29) is 46.6 Å². The highest BCUT2D eigenvalue weighted by molar-refractivity contribution is 7.89. The van der Waals surface area contributed by atoms with Crippen molar-refractivity contribution in [2.45, 2.75) is 58.5 Å². The first-order valence-corrected chi connectivity index (χ1v) is 11.1. The number of halogens is 1. The molecule has 1 rings (SSSR count). The second-order valence-electron chi connectivity index (χ2n) is 6.80. The van der Waals surface area contributed by atoms with E-state index < -0.39 is 22.6 Å². The van der Waals surface area contributed by atoms with Crippen molar-refractivity contribution in [2.75, 3.05) is 19.7 Å². The number of carbonyl (C=O) groups is 2. The Labute approximate surface area is 172 Å². The Morgan fingerprint density at radius 1 is 1.07 bits per heavy atom. The lowest BCUT2D eigenvalue weighted by Gasteiger charge is -2.30. The number of carbonyl (C=O) groups excluding carboxylic acids is 2. The Bertz CT molecular complexity index is 797. The smallest absolute Gasteiger partial charge is 0.338 e. The van der Waals surface area contributed by atoms with Crippen LogP contribution in [0, 0.1) is 0 Å². The second-order valence-corrected chi connectivity index (χ2v) is 9.11. The molecule has 0 unspecified atom stereocenters. The molecular weight excluding hydrogens is 404 g/mol. The maximum Gasteiger partial charge on any atom is 0.338 e. The Morgan fingerprint density at radius 3 is 2.07 bits per heavy atom. The quantitative estimate of drug-likeness (QED) is 0.559. The highest BCUT2D eigenvalue weighted by atomic mass is 35.5. The Hall–Kier alpha value is -1.64. The molecule has 0 aliphatic carbocycles. The predicted octanol–water partition coefficient (Wildman–Crippen LogP) is 3.17. The van der Waals surface area contributed by atoms with Crippen molar-refractivity contribution in [2.24, 2.45) is 0 Å². The van der Waals surface area contributed by atoms with Gasteiger partial charge in [-0.2, -0.15) is 4.31 Å². The molecule has 0 aromatic heterocycles. The van der Waals surface area contributed by atoms with Gasteiger partial charge in [-0.3, -0.25) is 4.79 Å². The predicted molar refractivity (Wildman–Crippen MR) is 109 cm³/mol. The van der Waals surface area contributed by atoms with E-state index in [1.165, 1.54) is 22.5 Å². The van der Waals surface area contributed by atoms with Gasteiger partial charge in [-0.1, -0.05) is 25.4 Å². The van der Waals surface area contributed by atoms with Gasteiger partial charge in [0.1, 0.15) is 4.90 Å². The van der Waals surface area contributed by atoms with E-state index >= 15 is 0 Å². The van der Waals surface area contributed by atoms with E-state index in [0.29, 0.717) is 0 Å². The monoisotopic (exact) mass is 432 g/mol. The fourth-order valence-corrected chi connectivity index (χ4v) is 4.95. The number of sulfonamides is 1. The Kier molecular flexibility index (Phi) is 8.91. The summed E-state index contributed by atoms with van der Waals surface area (Å²) in [5.41, 5.74) is 0.0172. The molecule has 0 saturated carbocycles. The van der Waals surface area contributed by atoms with Crippen LogP contribution in [0.1, 0.15) is 51.9 Å². The van der Waals surface area contributed by atoms with Gasteiger partial charge in [0.25, 0.3) is 5.91 Å². The van der Waals surface area contributed by atoms with Crippen LogP contribution < -0.4 is 0 Å². The zero-order valence-electron chi connectivity index (χ0n) is 17.2. The molecular formula is C19H29ClN2O5S. The van der Waals surface area contributed by atoms with Gasteiger partial charge in [-0.25, -0.2) is 13.2 Å². The highest BCUT2D eigenvalue weighted by Crippen LogP contribution is 2.26.